The normalized spacial score (nSPS) is 12.6. The highest BCUT2D eigenvalue weighted by Crippen LogP contribution is 2.25. The summed E-state index contributed by atoms with van der Waals surface area (Å²) in [5, 5.41) is 4.58. The number of hydrogen-bond donors (Lipinski definition) is 2. The van der Waals surface area contributed by atoms with Gasteiger partial charge in [-0.15, -0.1) is 0 Å². The van der Waals surface area contributed by atoms with E-state index in [2.05, 4.69) is 17.4 Å². The third-order valence-corrected chi connectivity index (χ3v) is 3.11. The second-order valence-electron chi connectivity index (χ2n) is 4.30. The second-order valence-corrected chi connectivity index (χ2v) is 4.74. The first kappa shape index (κ1) is 14.0. The van der Waals surface area contributed by atoms with Crippen molar-refractivity contribution in [2.45, 2.75) is 25.9 Å². The van der Waals surface area contributed by atoms with Crippen molar-refractivity contribution in [3.8, 4) is 0 Å². The van der Waals surface area contributed by atoms with Crippen LogP contribution in [0.2, 0.25) is 5.02 Å². The lowest BCUT2D eigenvalue weighted by molar-refractivity contribution is 0.558. The van der Waals surface area contributed by atoms with Crippen LogP contribution in [0.3, 0.4) is 0 Å². The minimum atomic E-state index is -0.442. The number of aromatic nitrogens is 2. The Morgan fingerprint density at radius 1 is 1.53 bits per heavy atom. The zero-order valence-electron chi connectivity index (χ0n) is 10.6. The summed E-state index contributed by atoms with van der Waals surface area (Å²) in [6, 6.07) is 4.10. The van der Waals surface area contributed by atoms with Crippen LogP contribution in [0.15, 0.2) is 30.6 Å². The van der Waals surface area contributed by atoms with E-state index in [9.17, 15) is 4.39 Å². The Labute approximate surface area is 116 Å². The van der Waals surface area contributed by atoms with Crippen LogP contribution in [0.4, 0.5) is 4.39 Å². The fourth-order valence-electron chi connectivity index (χ4n) is 1.98. The molecule has 0 radical (unpaired) electrons. The van der Waals surface area contributed by atoms with E-state index in [4.69, 9.17) is 17.4 Å². The van der Waals surface area contributed by atoms with E-state index in [0.717, 1.165) is 18.5 Å². The summed E-state index contributed by atoms with van der Waals surface area (Å²) < 4.78 is 15.7. The number of benzene rings is 1. The summed E-state index contributed by atoms with van der Waals surface area (Å²) in [5.41, 5.74) is 3.88. The number of rotatable bonds is 5. The van der Waals surface area contributed by atoms with Crippen LogP contribution in [0.5, 0.6) is 0 Å². The largest absolute Gasteiger partial charge is 0.272 e. The molecule has 4 nitrogen and oxygen atoms in total. The van der Waals surface area contributed by atoms with Crippen LogP contribution in [-0.2, 0) is 6.54 Å². The van der Waals surface area contributed by atoms with Crippen molar-refractivity contribution in [1.29, 1.82) is 0 Å². The Morgan fingerprint density at radius 3 is 2.95 bits per heavy atom. The summed E-state index contributed by atoms with van der Waals surface area (Å²) in [6.07, 6.45) is 4.54. The summed E-state index contributed by atoms with van der Waals surface area (Å²) in [6.45, 7) is 2.89. The van der Waals surface area contributed by atoms with Crippen LogP contribution in [0.25, 0.3) is 0 Å². The maximum Gasteiger partial charge on any atom is 0.129 e. The van der Waals surface area contributed by atoms with Crippen molar-refractivity contribution in [1.82, 2.24) is 15.2 Å². The standard InChI is InChI=1S/C13H16ClFN4/c1-2-5-19-8-9(7-17-19)13(18-16)11-4-3-10(14)6-12(11)15/h3-4,6-8,13,18H,2,5,16H2,1H3. The summed E-state index contributed by atoms with van der Waals surface area (Å²) in [7, 11) is 0. The summed E-state index contributed by atoms with van der Waals surface area (Å²) in [4.78, 5) is 0. The molecular weight excluding hydrogens is 267 g/mol. The van der Waals surface area contributed by atoms with Gasteiger partial charge in [-0.2, -0.15) is 5.10 Å². The molecule has 1 heterocycles. The lowest BCUT2D eigenvalue weighted by Crippen LogP contribution is -2.29. The first-order chi connectivity index (χ1) is 9.15. The smallest absolute Gasteiger partial charge is 0.129 e. The molecule has 0 aliphatic heterocycles. The van der Waals surface area contributed by atoms with E-state index in [0.29, 0.717) is 10.6 Å². The average molecular weight is 283 g/mol. The van der Waals surface area contributed by atoms with Crippen molar-refractivity contribution in [2.75, 3.05) is 0 Å². The molecule has 0 bridgehead atoms. The molecule has 0 spiro atoms. The number of hydrazine groups is 1. The minimum absolute atomic E-state index is 0.360. The van der Waals surface area contributed by atoms with Gasteiger partial charge in [0.25, 0.3) is 0 Å². The molecule has 2 rings (SSSR count). The van der Waals surface area contributed by atoms with Gasteiger partial charge in [0.05, 0.1) is 12.2 Å². The number of nitrogens with one attached hydrogen (secondary N) is 1. The van der Waals surface area contributed by atoms with Gasteiger partial charge in [0.2, 0.25) is 0 Å². The maximum atomic E-state index is 13.9. The van der Waals surface area contributed by atoms with Crippen molar-refractivity contribution in [3.63, 3.8) is 0 Å². The van der Waals surface area contributed by atoms with Gasteiger partial charge in [-0.3, -0.25) is 10.5 Å². The topological polar surface area (TPSA) is 55.9 Å². The zero-order valence-corrected chi connectivity index (χ0v) is 11.4. The molecule has 0 amide bonds. The average Bonchev–Trinajstić information content (AvgIpc) is 2.82. The van der Waals surface area contributed by atoms with Crippen molar-refractivity contribution < 1.29 is 4.39 Å². The predicted molar refractivity (Wildman–Crippen MR) is 73.1 cm³/mol. The van der Waals surface area contributed by atoms with Gasteiger partial charge >= 0.3 is 0 Å². The van der Waals surface area contributed by atoms with E-state index in [1.807, 2.05) is 10.9 Å². The highest BCUT2D eigenvalue weighted by Gasteiger charge is 2.18. The second kappa shape index (κ2) is 6.14. The Morgan fingerprint density at radius 2 is 2.32 bits per heavy atom. The Balaban J connectivity index is 2.32. The van der Waals surface area contributed by atoms with Gasteiger partial charge in [-0.1, -0.05) is 24.6 Å². The first-order valence-electron chi connectivity index (χ1n) is 6.09. The van der Waals surface area contributed by atoms with Crippen molar-refractivity contribution in [3.05, 3.63) is 52.6 Å². The molecule has 0 fully saturated rings. The highest BCUT2D eigenvalue weighted by molar-refractivity contribution is 6.30. The van der Waals surface area contributed by atoms with E-state index in [1.165, 1.54) is 6.07 Å². The van der Waals surface area contributed by atoms with Crippen molar-refractivity contribution >= 4 is 11.6 Å². The van der Waals surface area contributed by atoms with Crippen LogP contribution in [-0.4, -0.2) is 9.78 Å². The summed E-state index contributed by atoms with van der Waals surface area (Å²) >= 11 is 5.75. The van der Waals surface area contributed by atoms with E-state index in [1.54, 1.807) is 18.3 Å². The molecular formula is C13H16ClFN4. The molecule has 1 aromatic carbocycles. The van der Waals surface area contributed by atoms with Gasteiger partial charge < -0.3 is 0 Å². The molecule has 102 valence electrons. The third-order valence-electron chi connectivity index (χ3n) is 2.88. The SMILES string of the molecule is CCCn1cc(C(NN)c2ccc(Cl)cc2F)cn1. The molecule has 19 heavy (non-hydrogen) atoms. The van der Waals surface area contributed by atoms with Gasteiger partial charge in [-0.05, 0) is 18.6 Å². The molecule has 6 heteroatoms. The van der Waals surface area contributed by atoms with E-state index < -0.39 is 11.9 Å². The third kappa shape index (κ3) is 3.12. The van der Waals surface area contributed by atoms with Gasteiger partial charge in [0.15, 0.2) is 0 Å². The zero-order chi connectivity index (χ0) is 13.8. The van der Waals surface area contributed by atoms with Gasteiger partial charge in [0.1, 0.15) is 5.82 Å². The van der Waals surface area contributed by atoms with Crippen LogP contribution in [0.1, 0.15) is 30.5 Å². The van der Waals surface area contributed by atoms with Gasteiger partial charge in [-0.25, -0.2) is 9.82 Å². The molecule has 1 unspecified atom stereocenters. The first-order valence-corrected chi connectivity index (χ1v) is 6.47. The minimum Gasteiger partial charge on any atom is -0.272 e. The van der Waals surface area contributed by atoms with E-state index in [-0.39, 0.29) is 0 Å². The monoisotopic (exact) mass is 282 g/mol. The molecule has 2 aromatic rings. The number of nitrogens with zero attached hydrogens (tertiary/aromatic N) is 2. The fraction of sp³-hybridized carbons (Fsp3) is 0.308. The number of nitrogens with two attached hydrogens (primary N) is 1. The Kier molecular flexibility index (Phi) is 4.52. The molecule has 1 aromatic heterocycles. The Bertz CT molecular complexity index is 555. The highest BCUT2D eigenvalue weighted by atomic mass is 35.5. The Hall–Kier alpha value is -1.43. The molecule has 0 aliphatic carbocycles. The molecule has 3 N–H and O–H groups in total. The number of halogens is 2. The van der Waals surface area contributed by atoms with Crippen LogP contribution < -0.4 is 11.3 Å². The molecule has 1 atom stereocenters. The lowest BCUT2D eigenvalue weighted by Gasteiger charge is -2.15. The predicted octanol–water partition coefficient (Wildman–Crippen LogP) is 2.64. The quantitative estimate of drug-likeness (QED) is 0.655. The van der Waals surface area contributed by atoms with Gasteiger partial charge in [0, 0.05) is 28.9 Å². The maximum absolute atomic E-state index is 13.9. The number of aryl methyl sites for hydroxylation is 1. The van der Waals surface area contributed by atoms with Crippen LogP contribution >= 0.6 is 11.6 Å². The summed E-state index contributed by atoms with van der Waals surface area (Å²) in [5.74, 6) is 5.15. The van der Waals surface area contributed by atoms with E-state index >= 15 is 0 Å². The number of hydrogen-bond acceptors (Lipinski definition) is 3. The molecule has 0 saturated heterocycles. The fourth-order valence-corrected chi connectivity index (χ4v) is 2.14. The lowest BCUT2D eigenvalue weighted by atomic mass is 10.0. The van der Waals surface area contributed by atoms with Crippen molar-refractivity contribution in [2.24, 2.45) is 5.84 Å². The van der Waals surface area contributed by atoms with Crippen LogP contribution in [0, 0.1) is 5.82 Å². The molecule has 0 aliphatic rings. The molecule has 0 saturated carbocycles.